The summed E-state index contributed by atoms with van der Waals surface area (Å²) in [7, 11) is -1.68. The number of hydrogen-bond acceptors (Lipinski definition) is 4. The molecule has 0 bridgehead atoms. The van der Waals surface area contributed by atoms with Crippen molar-refractivity contribution in [3.05, 3.63) is 24.0 Å². The van der Waals surface area contributed by atoms with Crippen LogP contribution in [0.1, 0.15) is 65.6 Å². The first kappa shape index (κ1) is 23.1. The molecule has 0 N–H and O–H groups in total. The number of sulfonamides is 1. The number of unbranched alkanes of at least 4 members (excludes halogenated alkanes) is 2. The van der Waals surface area contributed by atoms with Crippen LogP contribution in [0.15, 0.2) is 18.2 Å². The fraction of sp³-hybridized carbons (Fsp3) is 0.696. The number of fused-ring (bicyclic) bond motifs is 1. The molecule has 1 aromatic heterocycles. The van der Waals surface area contributed by atoms with Crippen molar-refractivity contribution in [1.29, 1.82) is 0 Å². The number of imidazole rings is 1. The molecular formula is C23H37N3O3S. The molecule has 168 valence electrons. The van der Waals surface area contributed by atoms with Crippen LogP contribution in [0.4, 0.5) is 5.69 Å². The minimum atomic E-state index is -3.32. The summed E-state index contributed by atoms with van der Waals surface area (Å²) in [4.78, 5) is 4.96. The molecule has 1 aliphatic rings. The Morgan fingerprint density at radius 1 is 1.20 bits per heavy atom. The zero-order chi connectivity index (χ0) is 21.9. The molecule has 0 atom stereocenters. The number of hydrogen-bond donors (Lipinski definition) is 0. The summed E-state index contributed by atoms with van der Waals surface area (Å²) < 4.78 is 34.7. The van der Waals surface area contributed by atoms with E-state index >= 15 is 0 Å². The molecule has 1 saturated heterocycles. The van der Waals surface area contributed by atoms with Gasteiger partial charge in [-0.05, 0) is 43.4 Å². The number of aromatic nitrogens is 2. The smallest absolute Gasteiger partial charge is 0.234 e. The lowest BCUT2D eigenvalue weighted by Crippen LogP contribution is -2.29. The molecule has 0 unspecified atom stereocenters. The van der Waals surface area contributed by atoms with E-state index in [9.17, 15) is 8.42 Å². The Morgan fingerprint density at radius 3 is 2.53 bits per heavy atom. The topological polar surface area (TPSA) is 64.4 Å². The van der Waals surface area contributed by atoms with E-state index in [1.165, 1.54) is 4.31 Å². The van der Waals surface area contributed by atoms with Crippen LogP contribution < -0.4 is 4.31 Å². The van der Waals surface area contributed by atoms with Gasteiger partial charge in [-0.2, -0.15) is 0 Å². The van der Waals surface area contributed by atoms with Crippen molar-refractivity contribution in [2.24, 2.45) is 5.92 Å². The zero-order valence-electron chi connectivity index (χ0n) is 19.1. The van der Waals surface area contributed by atoms with Crippen molar-refractivity contribution in [2.45, 2.75) is 71.8 Å². The second-order valence-electron chi connectivity index (χ2n) is 9.52. The van der Waals surface area contributed by atoms with Crippen molar-refractivity contribution >= 4 is 26.7 Å². The first-order chi connectivity index (χ1) is 14.1. The second kappa shape index (κ2) is 9.27. The average molecular weight is 436 g/mol. The van der Waals surface area contributed by atoms with E-state index in [1.54, 1.807) is 7.05 Å². The molecule has 0 amide bonds. The molecule has 1 aromatic carbocycles. The Kier molecular flexibility index (Phi) is 7.13. The molecule has 1 aliphatic heterocycles. The van der Waals surface area contributed by atoms with Crippen molar-refractivity contribution in [1.82, 2.24) is 9.55 Å². The predicted octanol–water partition coefficient (Wildman–Crippen LogP) is 4.72. The molecule has 0 radical (unpaired) electrons. The van der Waals surface area contributed by atoms with Crippen molar-refractivity contribution in [2.75, 3.05) is 30.3 Å². The maximum absolute atomic E-state index is 12.7. The normalized spacial score (nSPS) is 16.3. The Labute approximate surface area is 181 Å². The first-order valence-electron chi connectivity index (χ1n) is 11.2. The number of ether oxygens (including phenoxy) is 1. The van der Waals surface area contributed by atoms with E-state index in [4.69, 9.17) is 9.72 Å². The molecule has 30 heavy (non-hydrogen) atoms. The van der Waals surface area contributed by atoms with Gasteiger partial charge in [0.2, 0.25) is 10.0 Å². The van der Waals surface area contributed by atoms with Crippen LogP contribution in [-0.4, -0.2) is 44.0 Å². The SMILES string of the molecule is CCCCCS(=O)(=O)N(C)c1ccc2c(c1)nc(C(C)(C)C)n2CC1CCOCC1. The highest BCUT2D eigenvalue weighted by Crippen LogP contribution is 2.31. The van der Waals surface area contributed by atoms with Gasteiger partial charge in [0.25, 0.3) is 0 Å². The van der Waals surface area contributed by atoms with Crippen LogP contribution in [-0.2, 0) is 26.7 Å². The zero-order valence-corrected chi connectivity index (χ0v) is 20.0. The summed E-state index contributed by atoms with van der Waals surface area (Å²) in [5.74, 6) is 1.81. The maximum atomic E-state index is 12.7. The van der Waals surface area contributed by atoms with Crippen molar-refractivity contribution in [3.63, 3.8) is 0 Å². The molecule has 2 aromatic rings. The predicted molar refractivity (Wildman–Crippen MR) is 124 cm³/mol. The van der Waals surface area contributed by atoms with Crippen LogP contribution in [0.5, 0.6) is 0 Å². The minimum absolute atomic E-state index is 0.0948. The number of benzene rings is 1. The van der Waals surface area contributed by atoms with Crippen LogP contribution in [0.25, 0.3) is 11.0 Å². The van der Waals surface area contributed by atoms with E-state index in [0.29, 0.717) is 18.0 Å². The van der Waals surface area contributed by atoms with Gasteiger partial charge in [-0.1, -0.05) is 40.5 Å². The fourth-order valence-electron chi connectivity index (χ4n) is 4.09. The van der Waals surface area contributed by atoms with Crippen molar-refractivity contribution < 1.29 is 13.2 Å². The van der Waals surface area contributed by atoms with Gasteiger partial charge in [-0.15, -0.1) is 0 Å². The number of anilines is 1. The molecule has 0 spiro atoms. The molecule has 3 rings (SSSR count). The van der Waals surface area contributed by atoms with Gasteiger partial charge in [0.05, 0.1) is 22.5 Å². The van der Waals surface area contributed by atoms with Gasteiger partial charge >= 0.3 is 0 Å². The molecule has 6 nitrogen and oxygen atoms in total. The summed E-state index contributed by atoms with van der Waals surface area (Å²) in [5.41, 5.74) is 2.52. The molecule has 2 heterocycles. The van der Waals surface area contributed by atoms with E-state index in [0.717, 1.165) is 62.3 Å². The molecule has 1 fully saturated rings. The Bertz CT molecular complexity index is 954. The van der Waals surface area contributed by atoms with E-state index in [1.807, 2.05) is 18.2 Å². The summed E-state index contributed by atoms with van der Waals surface area (Å²) in [6.45, 7) is 11.2. The molecule has 7 heteroatoms. The fourth-order valence-corrected chi connectivity index (χ4v) is 5.37. The maximum Gasteiger partial charge on any atom is 0.234 e. The summed E-state index contributed by atoms with van der Waals surface area (Å²) in [5, 5.41) is 0. The third-order valence-electron chi connectivity index (χ3n) is 5.97. The highest BCUT2D eigenvalue weighted by Gasteiger charge is 2.26. The van der Waals surface area contributed by atoms with Gasteiger partial charge < -0.3 is 9.30 Å². The van der Waals surface area contributed by atoms with Crippen LogP contribution >= 0.6 is 0 Å². The summed E-state index contributed by atoms with van der Waals surface area (Å²) >= 11 is 0. The van der Waals surface area contributed by atoms with Gasteiger partial charge in [-0.25, -0.2) is 13.4 Å². The second-order valence-corrected chi connectivity index (χ2v) is 11.6. The summed E-state index contributed by atoms with van der Waals surface area (Å²) in [6.07, 6.45) is 4.77. The Hall–Kier alpha value is -1.60. The molecular weight excluding hydrogens is 398 g/mol. The third kappa shape index (κ3) is 5.17. The lowest BCUT2D eigenvalue weighted by atomic mass is 9.94. The highest BCUT2D eigenvalue weighted by molar-refractivity contribution is 7.92. The number of rotatable bonds is 8. The largest absolute Gasteiger partial charge is 0.381 e. The third-order valence-corrected chi connectivity index (χ3v) is 7.82. The first-order valence-corrected chi connectivity index (χ1v) is 12.8. The molecule has 0 saturated carbocycles. The average Bonchev–Trinajstić information content (AvgIpc) is 3.06. The van der Waals surface area contributed by atoms with E-state index < -0.39 is 10.0 Å². The van der Waals surface area contributed by atoms with Gasteiger partial charge in [0, 0.05) is 32.2 Å². The number of nitrogens with zero attached hydrogens (tertiary/aromatic N) is 3. The minimum Gasteiger partial charge on any atom is -0.381 e. The highest BCUT2D eigenvalue weighted by atomic mass is 32.2. The van der Waals surface area contributed by atoms with Crippen LogP contribution in [0.2, 0.25) is 0 Å². The van der Waals surface area contributed by atoms with Crippen LogP contribution in [0.3, 0.4) is 0 Å². The summed E-state index contributed by atoms with van der Waals surface area (Å²) in [6, 6.07) is 5.86. The quantitative estimate of drug-likeness (QED) is 0.563. The van der Waals surface area contributed by atoms with E-state index in [-0.39, 0.29) is 11.2 Å². The monoisotopic (exact) mass is 435 g/mol. The Morgan fingerprint density at radius 2 is 1.90 bits per heavy atom. The lowest BCUT2D eigenvalue weighted by Gasteiger charge is -2.26. The standard InChI is InChI=1S/C23H37N3O3S/c1-6-7-8-15-30(27,28)25(5)19-9-10-21-20(16-19)24-22(23(2,3)4)26(21)17-18-11-13-29-14-12-18/h9-10,16,18H,6-8,11-15,17H2,1-5H3. The van der Waals surface area contributed by atoms with Gasteiger partial charge in [-0.3, -0.25) is 4.31 Å². The Balaban J connectivity index is 1.94. The van der Waals surface area contributed by atoms with Crippen molar-refractivity contribution in [3.8, 4) is 0 Å². The van der Waals surface area contributed by atoms with Gasteiger partial charge in [0.1, 0.15) is 5.82 Å². The van der Waals surface area contributed by atoms with Crippen LogP contribution in [0, 0.1) is 5.92 Å². The van der Waals surface area contributed by atoms with E-state index in [2.05, 4.69) is 32.3 Å². The lowest BCUT2D eigenvalue weighted by molar-refractivity contribution is 0.0611. The van der Waals surface area contributed by atoms with Gasteiger partial charge in [0.15, 0.2) is 0 Å². The molecule has 0 aliphatic carbocycles.